The second-order valence-corrected chi connectivity index (χ2v) is 4.84. The van der Waals surface area contributed by atoms with E-state index in [1.165, 1.54) is 5.56 Å². The van der Waals surface area contributed by atoms with Crippen molar-refractivity contribution in [3.8, 4) is 0 Å². The molecule has 5 heteroatoms. The average Bonchev–Trinajstić information content (AvgIpc) is 2.82. The Bertz CT molecular complexity index is 509. The molecule has 0 aromatic carbocycles. The van der Waals surface area contributed by atoms with E-state index in [4.69, 9.17) is 11.6 Å². The van der Waals surface area contributed by atoms with Gasteiger partial charge in [-0.25, -0.2) is 0 Å². The molecule has 2 rings (SSSR count). The van der Waals surface area contributed by atoms with Crippen molar-refractivity contribution in [3.05, 3.63) is 47.0 Å². The molecule has 0 saturated heterocycles. The summed E-state index contributed by atoms with van der Waals surface area (Å²) in [5, 5.41) is 8.35. The van der Waals surface area contributed by atoms with E-state index in [1.54, 1.807) is 6.20 Å². The molecule has 2 aromatic heterocycles. The summed E-state index contributed by atoms with van der Waals surface area (Å²) in [4.78, 5) is 4.03. The molecule has 0 radical (unpaired) electrons. The first-order valence-electron chi connectivity index (χ1n) is 6.53. The molecule has 1 unspecified atom stereocenters. The molecule has 2 heterocycles. The predicted molar refractivity (Wildman–Crippen MR) is 77.3 cm³/mol. The van der Waals surface area contributed by atoms with Gasteiger partial charge in [-0.2, -0.15) is 5.10 Å². The van der Waals surface area contributed by atoms with Crippen LogP contribution in [-0.2, 0) is 13.0 Å². The fraction of sp³-hybridized carbons (Fsp3) is 0.429. The summed E-state index contributed by atoms with van der Waals surface area (Å²) in [5.41, 5.74) is 2.36. The Morgan fingerprint density at radius 2 is 2.11 bits per heavy atom. The van der Waals surface area contributed by atoms with Gasteiger partial charge in [0, 0.05) is 18.9 Å². The lowest BCUT2D eigenvalue weighted by Gasteiger charge is -2.18. The molecular formula is C14H19ClN4. The van der Waals surface area contributed by atoms with Crippen LogP contribution in [0.25, 0.3) is 0 Å². The van der Waals surface area contributed by atoms with Gasteiger partial charge in [0.15, 0.2) is 0 Å². The van der Waals surface area contributed by atoms with Crippen molar-refractivity contribution >= 4 is 11.6 Å². The van der Waals surface area contributed by atoms with Crippen LogP contribution in [0.4, 0.5) is 0 Å². The zero-order chi connectivity index (χ0) is 13.7. The molecule has 0 aliphatic heterocycles. The van der Waals surface area contributed by atoms with Gasteiger partial charge in [-0.15, -0.1) is 0 Å². The highest BCUT2D eigenvalue weighted by molar-refractivity contribution is 6.31. The van der Waals surface area contributed by atoms with E-state index in [0.717, 1.165) is 30.1 Å². The summed E-state index contributed by atoms with van der Waals surface area (Å²) >= 11 is 6.25. The number of nitrogens with one attached hydrogen (secondary N) is 1. The third-order valence-electron chi connectivity index (χ3n) is 3.28. The largest absolute Gasteiger partial charge is 0.312 e. The standard InChI is InChI=1S/C14H19ClN4/c1-3-19-14(12(15)10-18-19)13(16-2)5-4-11-6-8-17-9-7-11/h6-10,13,16H,3-5H2,1-2H3. The summed E-state index contributed by atoms with van der Waals surface area (Å²) in [6.45, 7) is 2.90. The third-order valence-corrected chi connectivity index (χ3v) is 3.57. The molecule has 4 nitrogen and oxygen atoms in total. The van der Waals surface area contributed by atoms with Crippen molar-refractivity contribution in [2.75, 3.05) is 7.05 Å². The van der Waals surface area contributed by atoms with Gasteiger partial charge in [0.05, 0.1) is 23.0 Å². The summed E-state index contributed by atoms with van der Waals surface area (Å²) in [6.07, 6.45) is 7.34. The second kappa shape index (κ2) is 6.68. The monoisotopic (exact) mass is 278 g/mol. The van der Waals surface area contributed by atoms with E-state index in [0.29, 0.717) is 0 Å². The Kier molecular flexibility index (Phi) is 4.93. The van der Waals surface area contributed by atoms with Crippen LogP contribution < -0.4 is 5.32 Å². The molecule has 0 aliphatic carbocycles. The van der Waals surface area contributed by atoms with Gasteiger partial charge in [-0.05, 0) is 44.5 Å². The van der Waals surface area contributed by atoms with Crippen LogP contribution >= 0.6 is 11.6 Å². The second-order valence-electron chi connectivity index (χ2n) is 4.43. The number of rotatable bonds is 6. The van der Waals surface area contributed by atoms with Crippen molar-refractivity contribution in [2.24, 2.45) is 0 Å². The van der Waals surface area contributed by atoms with Crippen LogP contribution in [-0.4, -0.2) is 21.8 Å². The lowest BCUT2D eigenvalue weighted by molar-refractivity contribution is 0.489. The van der Waals surface area contributed by atoms with Gasteiger partial charge in [0.25, 0.3) is 0 Å². The number of pyridine rings is 1. The lowest BCUT2D eigenvalue weighted by Crippen LogP contribution is -2.21. The van der Waals surface area contributed by atoms with Crippen molar-refractivity contribution in [3.63, 3.8) is 0 Å². The first-order valence-corrected chi connectivity index (χ1v) is 6.91. The fourth-order valence-electron chi connectivity index (χ4n) is 2.25. The fourth-order valence-corrected chi connectivity index (χ4v) is 2.52. The molecule has 0 amide bonds. The zero-order valence-electron chi connectivity index (χ0n) is 11.3. The van der Waals surface area contributed by atoms with E-state index >= 15 is 0 Å². The van der Waals surface area contributed by atoms with Crippen molar-refractivity contribution in [2.45, 2.75) is 32.4 Å². The van der Waals surface area contributed by atoms with Crippen molar-refractivity contribution in [1.82, 2.24) is 20.1 Å². The van der Waals surface area contributed by atoms with Gasteiger partial charge < -0.3 is 5.32 Å². The molecule has 0 saturated carbocycles. The quantitative estimate of drug-likeness (QED) is 0.884. The highest BCUT2D eigenvalue weighted by Gasteiger charge is 2.18. The van der Waals surface area contributed by atoms with Crippen LogP contribution in [0.5, 0.6) is 0 Å². The van der Waals surface area contributed by atoms with Gasteiger partial charge in [-0.3, -0.25) is 9.67 Å². The predicted octanol–water partition coefficient (Wildman–Crippen LogP) is 2.84. The minimum absolute atomic E-state index is 0.211. The van der Waals surface area contributed by atoms with E-state index in [9.17, 15) is 0 Å². The molecule has 0 spiro atoms. The Hall–Kier alpha value is -1.39. The maximum absolute atomic E-state index is 6.25. The SMILES string of the molecule is CCn1ncc(Cl)c1C(CCc1ccncc1)NC. The average molecular weight is 279 g/mol. The zero-order valence-corrected chi connectivity index (χ0v) is 12.1. The van der Waals surface area contributed by atoms with Gasteiger partial charge >= 0.3 is 0 Å². The van der Waals surface area contributed by atoms with Crippen LogP contribution in [0.15, 0.2) is 30.7 Å². The first-order chi connectivity index (χ1) is 9.26. The molecule has 19 heavy (non-hydrogen) atoms. The first kappa shape index (κ1) is 14.0. The van der Waals surface area contributed by atoms with Gasteiger partial charge in [0.2, 0.25) is 0 Å². The minimum Gasteiger partial charge on any atom is -0.312 e. The van der Waals surface area contributed by atoms with Crippen LogP contribution in [0.2, 0.25) is 5.02 Å². The summed E-state index contributed by atoms with van der Waals surface area (Å²) in [7, 11) is 1.96. The Balaban J connectivity index is 2.10. The number of aromatic nitrogens is 3. The molecule has 0 fully saturated rings. The number of hydrogen-bond donors (Lipinski definition) is 1. The summed E-state index contributed by atoms with van der Waals surface area (Å²) < 4.78 is 1.95. The minimum atomic E-state index is 0.211. The number of nitrogens with zero attached hydrogens (tertiary/aromatic N) is 3. The lowest BCUT2D eigenvalue weighted by atomic mass is 10.0. The Morgan fingerprint density at radius 3 is 2.74 bits per heavy atom. The maximum Gasteiger partial charge on any atom is 0.0834 e. The van der Waals surface area contributed by atoms with Crippen molar-refractivity contribution in [1.29, 1.82) is 0 Å². The highest BCUT2D eigenvalue weighted by Crippen LogP contribution is 2.26. The topological polar surface area (TPSA) is 42.7 Å². The molecule has 1 atom stereocenters. The van der Waals surface area contributed by atoms with E-state index < -0.39 is 0 Å². The molecule has 2 aromatic rings. The smallest absolute Gasteiger partial charge is 0.0834 e. The summed E-state index contributed by atoms with van der Waals surface area (Å²) in [6, 6.07) is 4.31. The molecule has 0 aliphatic rings. The third kappa shape index (κ3) is 3.33. The number of aryl methyl sites for hydroxylation is 2. The Morgan fingerprint density at radius 1 is 1.37 bits per heavy atom. The molecular weight excluding hydrogens is 260 g/mol. The highest BCUT2D eigenvalue weighted by atomic mass is 35.5. The van der Waals surface area contributed by atoms with E-state index in [1.807, 2.05) is 36.3 Å². The number of hydrogen-bond acceptors (Lipinski definition) is 3. The van der Waals surface area contributed by atoms with Gasteiger partial charge in [0.1, 0.15) is 0 Å². The van der Waals surface area contributed by atoms with E-state index in [2.05, 4.69) is 22.3 Å². The van der Waals surface area contributed by atoms with E-state index in [-0.39, 0.29) is 6.04 Å². The summed E-state index contributed by atoms with van der Waals surface area (Å²) in [5.74, 6) is 0. The molecule has 0 bridgehead atoms. The van der Waals surface area contributed by atoms with Crippen LogP contribution in [0.3, 0.4) is 0 Å². The normalized spacial score (nSPS) is 12.6. The van der Waals surface area contributed by atoms with Crippen LogP contribution in [0.1, 0.15) is 30.6 Å². The maximum atomic E-state index is 6.25. The van der Waals surface area contributed by atoms with Crippen molar-refractivity contribution < 1.29 is 0 Å². The number of halogens is 1. The molecule has 102 valence electrons. The Labute approximate surface area is 118 Å². The molecule has 1 N–H and O–H groups in total. The van der Waals surface area contributed by atoms with Crippen LogP contribution in [0, 0.1) is 0 Å². The van der Waals surface area contributed by atoms with Gasteiger partial charge in [-0.1, -0.05) is 11.6 Å².